The average Bonchev–Trinajstić information content (AvgIpc) is 2.64. The Morgan fingerprint density at radius 2 is 1.65 bits per heavy atom. The van der Waals surface area contributed by atoms with Gasteiger partial charge in [0, 0.05) is 5.69 Å². The summed E-state index contributed by atoms with van der Waals surface area (Å²) in [6, 6.07) is 14.3. The summed E-state index contributed by atoms with van der Waals surface area (Å²) in [4.78, 5) is 23.9. The number of amides is 1. The number of hydrogen-bond donors (Lipinski definition) is 1. The molecule has 1 unspecified atom stereocenters. The van der Waals surface area contributed by atoms with Crippen LogP contribution in [0.15, 0.2) is 48.5 Å². The highest BCUT2D eigenvalue weighted by Gasteiger charge is 2.15. The van der Waals surface area contributed by atoms with Crippen molar-refractivity contribution >= 4 is 17.6 Å². The van der Waals surface area contributed by atoms with Gasteiger partial charge in [0.15, 0.2) is 6.10 Å². The molecule has 0 heterocycles. The van der Waals surface area contributed by atoms with E-state index >= 15 is 0 Å². The number of carbonyl (C=O) groups is 2. The van der Waals surface area contributed by atoms with E-state index in [0.717, 1.165) is 12.8 Å². The quantitative estimate of drug-likeness (QED) is 0.720. The molecule has 5 heteroatoms. The molecule has 0 radical (unpaired) electrons. The Hall–Kier alpha value is -2.82. The molecular weight excluding hydrogens is 330 g/mol. The van der Waals surface area contributed by atoms with E-state index in [2.05, 4.69) is 12.2 Å². The van der Waals surface area contributed by atoms with Gasteiger partial charge in [0.2, 0.25) is 0 Å². The van der Waals surface area contributed by atoms with Crippen molar-refractivity contribution in [2.75, 3.05) is 11.9 Å². The molecule has 138 valence electrons. The zero-order chi connectivity index (χ0) is 18.9. The summed E-state index contributed by atoms with van der Waals surface area (Å²) < 4.78 is 10.6. The number of benzene rings is 2. The maximum absolute atomic E-state index is 12.3. The topological polar surface area (TPSA) is 64.6 Å². The SMILES string of the molecule is CCCc1ccc(OC(C)C(=O)Nc2ccc(C(=O)OCC)cc2)cc1. The minimum Gasteiger partial charge on any atom is -0.481 e. The smallest absolute Gasteiger partial charge is 0.338 e. The predicted octanol–water partition coefficient (Wildman–Crippen LogP) is 4.22. The molecule has 0 fully saturated rings. The number of anilines is 1. The van der Waals surface area contributed by atoms with Gasteiger partial charge in [-0.15, -0.1) is 0 Å². The van der Waals surface area contributed by atoms with Crippen molar-refractivity contribution in [1.82, 2.24) is 0 Å². The second-order valence-electron chi connectivity index (χ2n) is 5.94. The summed E-state index contributed by atoms with van der Waals surface area (Å²) >= 11 is 0. The van der Waals surface area contributed by atoms with Crippen LogP contribution in [-0.4, -0.2) is 24.6 Å². The molecule has 5 nitrogen and oxygen atoms in total. The largest absolute Gasteiger partial charge is 0.481 e. The maximum atomic E-state index is 12.3. The van der Waals surface area contributed by atoms with E-state index in [4.69, 9.17) is 9.47 Å². The van der Waals surface area contributed by atoms with Gasteiger partial charge in [0.05, 0.1) is 12.2 Å². The van der Waals surface area contributed by atoms with E-state index in [9.17, 15) is 9.59 Å². The first-order valence-electron chi connectivity index (χ1n) is 8.87. The number of carbonyl (C=O) groups excluding carboxylic acids is 2. The third-order valence-electron chi connectivity index (χ3n) is 3.81. The minimum absolute atomic E-state index is 0.258. The molecule has 0 aromatic heterocycles. The number of aryl methyl sites for hydroxylation is 1. The van der Waals surface area contributed by atoms with Crippen LogP contribution >= 0.6 is 0 Å². The van der Waals surface area contributed by atoms with E-state index < -0.39 is 6.10 Å². The Kier molecular flexibility index (Phi) is 7.21. The Balaban J connectivity index is 1.90. The van der Waals surface area contributed by atoms with Crippen molar-refractivity contribution in [3.05, 3.63) is 59.7 Å². The van der Waals surface area contributed by atoms with Gasteiger partial charge in [-0.3, -0.25) is 4.79 Å². The molecule has 26 heavy (non-hydrogen) atoms. The van der Waals surface area contributed by atoms with Gasteiger partial charge in [-0.05, 0) is 62.2 Å². The molecule has 2 aromatic rings. The van der Waals surface area contributed by atoms with Crippen LogP contribution in [0, 0.1) is 0 Å². The van der Waals surface area contributed by atoms with Gasteiger partial charge in [-0.2, -0.15) is 0 Å². The van der Waals surface area contributed by atoms with Crippen molar-refractivity contribution in [3.8, 4) is 5.75 Å². The molecule has 0 bridgehead atoms. The summed E-state index contributed by atoms with van der Waals surface area (Å²) in [5.74, 6) is 0.0188. The number of nitrogens with one attached hydrogen (secondary N) is 1. The first-order valence-corrected chi connectivity index (χ1v) is 8.87. The van der Waals surface area contributed by atoms with Crippen LogP contribution in [0.25, 0.3) is 0 Å². The fourth-order valence-corrected chi connectivity index (χ4v) is 2.43. The fourth-order valence-electron chi connectivity index (χ4n) is 2.43. The Bertz CT molecular complexity index is 723. The van der Waals surface area contributed by atoms with Crippen molar-refractivity contribution in [3.63, 3.8) is 0 Å². The number of esters is 1. The lowest BCUT2D eigenvalue weighted by Crippen LogP contribution is -2.30. The maximum Gasteiger partial charge on any atom is 0.338 e. The monoisotopic (exact) mass is 355 g/mol. The van der Waals surface area contributed by atoms with Crippen LogP contribution in [0.1, 0.15) is 43.1 Å². The first kappa shape index (κ1) is 19.5. The van der Waals surface area contributed by atoms with Crippen molar-refractivity contribution in [2.45, 2.75) is 39.7 Å². The zero-order valence-electron chi connectivity index (χ0n) is 15.5. The van der Waals surface area contributed by atoms with E-state index in [-0.39, 0.29) is 11.9 Å². The van der Waals surface area contributed by atoms with E-state index in [0.29, 0.717) is 23.6 Å². The molecule has 1 amide bonds. The molecule has 0 saturated heterocycles. The number of ether oxygens (including phenoxy) is 2. The van der Waals surface area contributed by atoms with Crippen LogP contribution in [0.4, 0.5) is 5.69 Å². The summed E-state index contributed by atoms with van der Waals surface area (Å²) in [5, 5.41) is 2.78. The van der Waals surface area contributed by atoms with Gasteiger partial charge in [-0.25, -0.2) is 4.79 Å². The van der Waals surface area contributed by atoms with Crippen molar-refractivity contribution < 1.29 is 19.1 Å². The molecule has 1 atom stereocenters. The van der Waals surface area contributed by atoms with Crippen LogP contribution in [0.3, 0.4) is 0 Å². The Morgan fingerprint density at radius 1 is 1.00 bits per heavy atom. The molecule has 0 spiro atoms. The van der Waals surface area contributed by atoms with Crippen molar-refractivity contribution in [2.24, 2.45) is 0 Å². The third kappa shape index (κ3) is 5.62. The van der Waals surface area contributed by atoms with Gasteiger partial charge in [-0.1, -0.05) is 25.5 Å². The van der Waals surface area contributed by atoms with Crippen LogP contribution in [0.2, 0.25) is 0 Å². The lowest BCUT2D eigenvalue weighted by molar-refractivity contribution is -0.122. The molecule has 2 aromatic carbocycles. The van der Waals surface area contributed by atoms with Crippen LogP contribution < -0.4 is 10.1 Å². The molecule has 0 aliphatic rings. The molecule has 2 rings (SSSR count). The average molecular weight is 355 g/mol. The summed E-state index contributed by atoms with van der Waals surface area (Å²) in [7, 11) is 0. The normalized spacial score (nSPS) is 11.5. The third-order valence-corrected chi connectivity index (χ3v) is 3.81. The highest BCUT2D eigenvalue weighted by molar-refractivity contribution is 5.95. The lowest BCUT2D eigenvalue weighted by atomic mass is 10.1. The van der Waals surface area contributed by atoms with Gasteiger partial charge < -0.3 is 14.8 Å². The zero-order valence-corrected chi connectivity index (χ0v) is 15.5. The summed E-state index contributed by atoms with van der Waals surface area (Å²) in [5.41, 5.74) is 2.29. The van der Waals surface area contributed by atoms with Gasteiger partial charge in [0.1, 0.15) is 5.75 Å². The van der Waals surface area contributed by atoms with Gasteiger partial charge in [0.25, 0.3) is 5.91 Å². The molecular formula is C21H25NO4. The second-order valence-corrected chi connectivity index (χ2v) is 5.94. The minimum atomic E-state index is -0.642. The highest BCUT2D eigenvalue weighted by atomic mass is 16.5. The lowest BCUT2D eigenvalue weighted by Gasteiger charge is -2.15. The standard InChI is InChI=1S/C21H25NO4/c1-4-6-16-7-13-19(14-8-16)26-15(3)20(23)22-18-11-9-17(10-12-18)21(24)25-5-2/h7-15H,4-6H2,1-3H3,(H,22,23). The van der Waals surface area contributed by atoms with Gasteiger partial charge >= 0.3 is 5.97 Å². The highest BCUT2D eigenvalue weighted by Crippen LogP contribution is 2.16. The molecule has 0 aliphatic heterocycles. The van der Waals surface area contributed by atoms with E-state index in [1.165, 1.54) is 5.56 Å². The number of rotatable bonds is 8. The molecule has 0 saturated carbocycles. The summed E-state index contributed by atoms with van der Waals surface area (Å²) in [6.45, 7) is 5.91. The van der Waals surface area contributed by atoms with Crippen LogP contribution in [-0.2, 0) is 16.0 Å². The Morgan fingerprint density at radius 3 is 2.23 bits per heavy atom. The van der Waals surface area contributed by atoms with E-state index in [1.54, 1.807) is 38.1 Å². The van der Waals surface area contributed by atoms with Crippen LogP contribution in [0.5, 0.6) is 5.75 Å². The first-order chi connectivity index (χ1) is 12.5. The second kappa shape index (κ2) is 9.61. The molecule has 0 aliphatic carbocycles. The van der Waals surface area contributed by atoms with Crippen molar-refractivity contribution in [1.29, 1.82) is 0 Å². The Labute approximate surface area is 154 Å². The predicted molar refractivity (Wildman–Crippen MR) is 102 cm³/mol. The summed E-state index contributed by atoms with van der Waals surface area (Å²) in [6.07, 6.45) is 1.48. The molecule has 1 N–H and O–H groups in total. The number of hydrogen-bond acceptors (Lipinski definition) is 4. The fraction of sp³-hybridized carbons (Fsp3) is 0.333. The van der Waals surface area contributed by atoms with E-state index in [1.807, 2.05) is 24.3 Å².